The predicted molar refractivity (Wildman–Crippen MR) is 78.0 cm³/mol. The SMILES string of the molecule is CC(C)C(CCO)Nc1sc(S(C)(=O)=O)cc1[N+](=O)[O-]. The van der Waals surface area contributed by atoms with Gasteiger partial charge in [0, 0.05) is 25.0 Å². The van der Waals surface area contributed by atoms with E-state index in [1.165, 1.54) is 0 Å². The number of thiophene rings is 1. The van der Waals surface area contributed by atoms with Crippen LogP contribution in [0, 0.1) is 16.0 Å². The van der Waals surface area contributed by atoms with Gasteiger partial charge in [0.15, 0.2) is 14.8 Å². The highest BCUT2D eigenvalue weighted by Gasteiger charge is 2.26. The number of sulfone groups is 1. The minimum Gasteiger partial charge on any atom is -0.396 e. The number of anilines is 1. The molecule has 1 aromatic rings. The molecule has 9 heteroatoms. The summed E-state index contributed by atoms with van der Waals surface area (Å²) in [4.78, 5) is 10.4. The molecule has 0 radical (unpaired) electrons. The lowest BCUT2D eigenvalue weighted by atomic mass is 10.0. The van der Waals surface area contributed by atoms with Crippen LogP contribution in [0.1, 0.15) is 20.3 Å². The third-order valence-electron chi connectivity index (χ3n) is 2.81. The van der Waals surface area contributed by atoms with Crippen molar-refractivity contribution in [3.63, 3.8) is 0 Å². The Labute approximate surface area is 121 Å². The van der Waals surface area contributed by atoms with Crippen molar-refractivity contribution < 1.29 is 18.4 Å². The molecule has 0 fully saturated rings. The Morgan fingerprint density at radius 1 is 1.50 bits per heavy atom. The minimum atomic E-state index is -3.48. The van der Waals surface area contributed by atoms with Crippen LogP contribution in [0.5, 0.6) is 0 Å². The van der Waals surface area contributed by atoms with Gasteiger partial charge in [0.05, 0.1) is 4.92 Å². The van der Waals surface area contributed by atoms with Gasteiger partial charge in [-0.25, -0.2) is 8.42 Å². The lowest BCUT2D eigenvalue weighted by molar-refractivity contribution is -0.383. The van der Waals surface area contributed by atoms with E-state index in [9.17, 15) is 18.5 Å². The van der Waals surface area contributed by atoms with Gasteiger partial charge in [-0.2, -0.15) is 0 Å². The molecule has 2 N–H and O–H groups in total. The molecule has 1 aromatic heterocycles. The molecule has 0 bridgehead atoms. The maximum Gasteiger partial charge on any atom is 0.304 e. The van der Waals surface area contributed by atoms with Gasteiger partial charge >= 0.3 is 5.69 Å². The zero-order valence-corrected chi connectivity index (χ0v) is 13.1. The standard InChI is InChI=1S/C11H18N2O5S2/c1-7(2)8(4-5-14)12-11-9(13(15)16)6-10(19-11)20(3,17)18/h6-8,12,14H,4-5H2,1-3H3. The van der Waals surface area contributed by atoms with Crippen LogP contribution < -0.4 is 5.32 Å². The summed E-state index contributed by atoms with van der Waals surface area (Å²) in [6.07, 6.45) is 1.45. The van der Waals surface area contributed by atoms with Crippen LogP contribution in [0.2, 0.25) is 0 Å². The molecule has 1 heterocycles. The van der Waals surface area contributed by atoms with Crippen molar-refractivity contribution in [2.24, 2.45) is 5.92 Å². The number of rotatable bonds is 7. The van der Waals surface area contributed by atoms with Gasteiger partial charge in [-0.3, -0.25) is 10.1 Å². The van der Waals surface area contributed by atoms with Crippen molar-refractivity contribution in [1.29, 1.82) is 0 Å². The Morgan fingerprint density at radius 2 is 2.10 bits per heavy atom. The van der Waals surface area contributed by atoms with E-state index in [2.05, 4.69) is 5.32 Å². The Kier molecular flexibility index (Phi) is 5.49. The molecule has 1 rings (SSSR count). The van der Waals surface area contributed by atoms with E-state index < -0.39 is 14.8 Å². The molecule has 114 valence electrons. The Hall–Kier alpha value is -1.19. The van der Waals surface area contributed by atoms with Crippen LogP contribution in [0.15, 0.2) is 10.3 Å². The van der Waals surface area contributed by atoms with E-state index in [1.807, 2.05) is 13.8 Å². The zero-order chi connectivity index (χ0) is 15.5. The fourth-order valence-corrected chi connectivity index (χ4v) is 3.66. The Bertz CT molecular complexity index is 580. The molecule has 1 atom stereocenters. The highest BCUT2D eigenvalue weighted by atomic mass is 32.2. The number of hydrogen-bond donors (Lipinski definition) is 2. The number of nitrogens with zero attached hydrogens (tertiary/aromatic N) is 1. The lowest BCUT2D eigenvalue weighted by Gasteiger charge is -2.21. The number of aliphatic hydroxyl groups is 1. The van der Waals surface area contributed by atoms with Crippen LogP contribution >= 0.6 is 11.3 Å². The highest BCUT2D eigenvalue weighted by molar-refractivity contribution is 7.92. The van der Waals surface area contributed by atoms with Gasteiger partial charge in [-0.1, -0.05) is 25.2 Å². The first-order chi connectivity index (χ1) is 9.16. The number of aliphatic hydroxyl groups excluding tert-OH is 1. The summed E-state index contributed by atoms with van der Waals surface area (Å²) in [5.74, 6) is 0.144. The van der Waals surface area contributed by atoms with E-state index in [4.69, 9.17) is 5.11 Å². The molecular formula is C11H18N2O5S2. The summed E-state index contributed by atoms with van der Waals surface area (Å²) in [6.45, 7) is 3.79. The molecule has 7 nitrogen and oxygen atoms in total. The quantitative estimate of drug-likeness (QED) is 0.586. The van der Waals surface area contributed by atoms with Crippen molar-refractivity contribution in [2.75, 3.05) is 18.2 Å². The first kappa shape index (κ1) is 16.9. The van der Waals surface area contributed by atoms with Crippen molar-refractivity contribution >= 4 is 31.9 Å². The van der Waals surface area contributed by atoms with Crippen LogP contribution in [0.4, 0.5) is 10.7 Å². The van der Waals surface area contributed by atoms with Crippen molar-refractivity contribution in [1.82, 2.24) is 0 Å². The van der Waals surface area contributed by atoms with Gasteiger partial charge in [0.25, 0.3) is 0 Å². The fraction of sp³-hybridized carbons (Fsp3) is 0.636. The maximum atomic E-state index is 11.5. The molecule has 0 aliphatic carbocycles. The van der Waals surface area contributed by atoms with Gasteiger partial charge in [-0.05, 0) is 12.3 Å². The molecular weight excluding hydrogens is 304 g/mol. The summed E-state index contributed by atoms with van der Waals surface area (Å²) >= 11 is 0.844. The average Bonchev–Trinajstić information content (AvgIpc) is 2.72. The summed E-state index contributed by atoms with van der Waals surface area (Å²) in [5, 5.41) is 23.2. The molecule has 0 spiro atoms. The van der Waals surface area contributed by atoms with Crippen molar-refractivity contribution in [2.45, 2.75) is 30.5 Å². The molecule has 0 aliphatic rings. The second-order valence-electron chi connectivity index (χ2n) is 4.82. The van der Waals surface area contributed by atoms with Crippen LogP contribution in [0.25, 0.3) is 0 Å². The van der Waals surface area contributed by atoms with E-state index in [0.29, 0.717) is 6.42 Å². The molecule has 0 aromatic carbocycles. The highest BCUT2D eigenvalue weighted by Crippen LogP contribution is 2.38. The number of nitrogens with one attached hydrogen (secondary N) is 1. The Balaban J connectivity index is 3.16. The first-order valence-electron chi connectivity index (χ1n) is 6.02. The maximum absolute atomic E-state index is 11.5. The zero-order valence-electron chi connectivity index (χ0n) is 11.5. The first-order valence-corrected chi connectivity index (χ1v) is 8.73. The second kappa shape index (κ2) is 6.51. The van der Waals surface area contributed by atoms with E-state index in [1.54, 1.807) is 0 Å². The largest absolute Gasteiger partial charge is 0.396 e. The Morgan fingerprint density at radius 3 is 2.50 bits per heavy atom. The second-order valence-corrected chi connectivity index (χ2v) is 8.11. The topological polar surface area (TPSA) is 110 Å². The predicted octanol–water partition coefficient (Wildman–Crippen LogP) is 1.88. The van der Waals surface area contributed by atoms with Crippen LogP contribution in [0.3, 0.4) is 0 Å². The number of hydrogen-bond acceptors (Lipinski definition) is 7. The molecule has 1 unspecified atom stereocenters. The minimum absolute atomic E-state index is 0.0433. The van der Waals surface area contributed by atoms with Crippen molar-refractivity contribution in [3.05, 3.63) is 16.2 Å². The molecule has 0 saturated heterocycles. The molecule has 0 aliphatic heterocycles. The number of nitro groups is 1. The normalized spacial score (nSPS) is 13.4. The third kappa shape index (κ3) is 4.15. The fourth-order valence-electron chi connectivity index (χ4n) is 1.66. The molecule has 20 heavy (non-hydrogen) atoms. The molecule has 0 saturated carbocycles. The van der Waals surface area contributed by atoms with Crippen LogP contribution in [-0.2, 0) is 9.84 Å². The van der Waals surface area contributed by atoms with Gasteiger partial charge < -0.3 is 10.4 Å². The van der Waals surface area contributed by atoms with Crippen LogP contribution in [-0.4, -0.2) is 37.4 Å². The summed E-state index contributed by atoms with van der Waals surface area (Å²) in [6, 6.07) is 0.906. The monoisotopic (exact) mass is 322 g/mol. The summed E-state index contributed by atoms with van der Waals surface area (Å²) in [7, 11) is -3.48. The third-order valence-corrected chi connectivity index (χ3v) is 5.67. The van der Waals surface area contributed by atoms with Gasteiger partial charge in [-0.15, -0.1) is 0 Å². The van der Waals surface area contributed by atoms with Crippen molar-refractivity contribution in [3.8, 4) is 0 Å². The van der Waals surface area contributed by atoms with E-state index in [-0.39, 0.29) is 33.5 Å². The van der Waals surface area contributed by atoms with E-state index >= 15 is 0 Å². The van der Waals surface area contributed by atoms with Gasteiger partial charge in [0.2, 0.25) is 0 Å². The summed E-state index contributed by atoms with van der Waals surface area (Å²) in [5.41, 5.74) is -0.251. The molecule has 0 amide bonds. The smallest absolute Gasteiger partial charge is 0.304 e. The average molecular weight is 322 g/mol. The lowest BCUT2D eigenvalue weighted by Crippen LogP contribution is -2.26. The van der Waals surface area contributed by atoms with E-state index in [0.717, 1.165) is 23.7 Å². The summed E-state index contributed by atoms with van der Waals surface area (Å²) < 4.78 is 22.9. The van der Waals surface area contributed by atoms with Gasteiger partial charge in [0.1, 0.15) is 4.21 Å².